The van der Waals surface area contributed by atoms with Crippen molar-refractivity contribution in [2.24, 2.45) is 4.99 Å². The number of amides is 2. The molecule has 8 heteroatoms. The minimum absolute atomic E-state index is 0.245. The fourth-order valence-electron chi connectivity index (χ4n) is 3.17. The first-order valence-electron chi connectivity index (χ1n) is 10.4. The van der Waals surface area contributed by atoms with Crippen LogP contribution in [-0.2, 0) is 11.4 Å². The molecule has 0 bridgehead atoms. The number of nitrogens with zero attached hydrogens (tertiary/aromatic N) is 1. The van der Waals surface area contributed by atoms with E-state index < -0.39 is 5.91 Å². The van der Waals surface area contributed by atoms with Crippen LogP contribution in [0.15, 0.2) is 81.1 Å². The van der Waals surface area contributed by atoms with Gasteiger partial charge in [-0.2, -0.15) is 4.99 Å². The number of aryl methyl sites for hydroxylation is 1. The van der Waals surface area contributed by atoms with Crippen molar-refractivity contribution < 1.29 is 19.1 Å². The lowest BCUT2D eigenvalue weighted by Gasteiger charge is -2.14. The van der Waals surface area contributed by atoms with Gasteiger partial charge in [-0.1, -0.05) is 48.0 Å². The second kappa shape index (κ2) is 10.7. The van der Waals surface area contributed by atoms with Gasteiger partial charge in [-0.15, -0.1) is 0 Å². The van der Waals surface area contributed by atoms with Crippen LogP contribution in [0.1, 0.15) is 27.0 Å². The molecule has 4 rings (SSSR count). The summed E-state index contributed by atoms with van der Waals surface area (Å²) in [6.07, 6.45) is 1.71. The Hall–Kier alpha value is -3.36. The van der Waals surface area contributed by atoms with Crippen molar-refractivity contribution in [3.63, 3.8) is 0 Å². The molecule has 1 fully saturated rings. The number of nitrogens with one attached hydrogen (secondary N) is 1. The molecule has 1 aliphatic rings. The van der Waals surface area contributed by atoms with Crippen molar-refractivity contribution in [3.8, 4) is 11.5 Å². The standard InChI is InChI=1S/C26H21BrN2O4S/c1-16-8-10-17(11-9-16)15-33-23-20(27)12-18(13-21(23)32-2)14-22-25(31)29-26(34-22)28-24(30)19-6-4-3-5-7-19/h3-14H,15H2,1-2H3,(H,28,29,30,31)/b22-14-. The molecule has 1 saturated heterocycles. The van der Waals surface area contributed by atoms with Crippen LogP contribution in [0.4, 0.5) is 0 Å². The highest BCUT2D eigenvalue weighted by atomic mass is 79.9. The third kappa shape index (κ3) is 5.76. The Morgan fingerprint density at radius 2 is 1.85 bits per heavy atom. The minimum atomic E-state index is -0.413. The highest BCUT2D eigenvalue weighted by molar-refractivity contribution is 9.10. The van der Waals surface area contributed by atoms with E-state index in [1.54, 1.807) is 43.5 Å². The first kappa shape index (κ1) is 23.8. The predicted octanol–water partition coefficient (Wildman–Crippen LogP) is 5.75. The van der Waals surface area contributed by atoms with Crippen LogP contribution in [0.5, 0.6) is 11.5 Å². The number of thioether (sulfide) groups is 1. The molecular weight excluding hydrogens is 516 g/mol. The van der Waals surface area contributed by atoms with Crippen LogP contribution >= 0.6 is 27.7 Å². The van der Waals surface area contributed by atoms with Crippen LogP contribution in [0.2, 0.25) is 0 Å². The summed E-state index contributed by atoms with van der Waals surface area (Å²) >= 11 is 4.66. The van der Waals surface area contributed by atoms with Gasteiger partial charge in [0.15, 0.2) is 16.7 Å². The molecule has 3 aromatic carbocycles. The molecular formula is C26H21BrN2O4S. The molecule has 0 aromatic heterocycles. The molecule has 172 valence electrons. The normalized spacial score (nSPS) is 15.4. The molecule has 1 aliphatic heterocycles. The zero-order valence-corrected chi connectivity index (χ0v) is 20.9. The van der Waals surface area contributed by atoms with E-state index in [1.807, 2.05) is 43.3 Å². The maximum atomic E-state index is 12.4. The molecule has 0 atom stereocenters. The number of rotatable bonds is 6. The van der Waals surface area contributed by atoms with Gasteiger partial charge in [0.25, 0.3) is 11.8 Å². The summed E-state index contributed by atoms with van der Waals surface area (Å²) in [5, 5.41) is 2.88. The maximum absolute atomic E-state index is 12.4. The molecule has 2 amide bonds. The first-order valence-corrected chi connectivity index (χ1v) is 12.0. The van der Waals surface area contributed by atoms with Gasteiger partial charge in [0.05, 0.1) is 16.5 Å². The topological polar surface area (TPSA) is 77.0 Å². The third-order valence-corrected chi connectivity index (χ3v) is 6.43. The lowest BCUT2D eigenvalue weighted by Crippen LogP contribution is -2.20. The van der Waals surface area contributed by atoms with Crippen LogP contribution in [0.25, 0.3) is 6.08 Å². The Kier molecular flexibility index (Phi) is 7.49. The summed E-state index contributed by atoms with van der Waals surface area (Å²) < 4.78 is 12.2. The molecule has 6 nitrogen and oxygen atoms in total. The molecule has 3 aromatic rings. The Labute approximate surface area is 210 Å². The summed E-state index contributed by atoms with van der Waals surface area (Å²) in [5.74, 6) is 0.373. The van der Waals surface area contributed by atoms with E-state index in [-0.39, 0.29) is 11.1 Å². The average Bonchev–Trinajstić information content (AvgIpc) is 3.17. The number of aliphatic imine (C=N–C) groups is 1. The van der Waals surface area contributed by atoms with E-state index in [2.05, 4.69) is 26.2 Å². The Bertz CT molecular complexity index is 1290. The second-order valence-corrected chi connectivity index (χ2v) is 9.35. The van der Waals surface area contributed by atoms with Gasteiger partial charge < -0.3 is 14.8 Å². The third-order valence-electron chi connectivity index (χ3n) is 4.93. The van der Waals surface area contributed by atoms with E-state index in [9.17, 15) is 9.59 Å². The fraction of sp³-hybridized carbons (Fsp3) is 0.115. The maximum Gasteiger partial charge on any atom is 0.279 e. The number of benzene rings is 3. The highest BCUT2D eigenvalue weighted by Crippen LogP contribution is 2.38. The lowest BCUT2D eigenvalue weighted by atomic mass is 10.1. The number of carbonyl (C=O) groups is 2. The van der Waals surface area contributed by atoms with E-state index in [1.165, 1.54) is 5.56 Å². The summed E-state index contributed by atoms with van der Waals surface area (Å²) in [4.78, 5) is 29.2. The first-order chi connectivity index (χ1) is 16.4. The number of hydrogen-bond acceptors (Lipinski definition) is 5. The van der Waals surface area contributed by atoms with Crippen LogP contribution < -0.4 is 14.8 Å². The number of halogens is 1. The number of hydrogen-bond donors (Lipinski definition) is 1. The van der Waals surface area contributed by atoms with Crippen molar-refractivity contribution in [1.82, 2.24) is 5.32 Å². The van der Waals surface area contributed by atoms with E-state index in [4.69, 9.17) is 9.47 Å². The predicted molar refractivity (Wildman–Crippen MR) is 138 cm³/mol. The van der Waals surface area contributed by atoms with Gasteiger partial charge in [-0.25, -0.2) is 0 Å². The lowest BCUT2D eigenvalue weighted by molar-refractivity contribution is -0.115. The van der Waals surface area contributed by atoms with Gasteiger partial charge in [-0.05, 0) is 76.1 Å². The highest BCUT2D eigenvalue weighted by Gasteiger charge is 2.25. The molecule has 0 aliphatic carbocycles. The largest absolute Gasteiger partial charge is 0.493 e. The molecule has 0 saturated carbocycles. The molecule has 0 radical (unpaired) electrons. The van der Waals surface area contributed by atoms with Gasteiger partial charge in [0.1, 0.15) is 6.61 Å². The molecule has 1 heterocycles. The smallest absolute Gasteiger partial charge is 0.279 e. The molecule has 0 unspecified atom stereocenters. The summed E-state index contributed by atoms with van der Waals surface area (Å²) in [6.45, 7) is 2.43. The molecule has 0 spiro atoms. The van der Waals surface area contributed by atoms with Crippen molar-refractivity contribution in [3.05, 3.63) is 98.4 Å². The summed E-state index contributed by atoms with van der Waals surface area (Å²) in [5.41, 5.74) is 3.42. The Morgan fingerprint density at radius 1 is 1.12 bits per heavy atom. The summed E-state index contributed by atoms with van der Waals surface area (Å²) in [7, 11) is 1.56. The number of methoxy groups -OCH3 is 1. The zero-order valence-electron chi connectivity index (χ0n) is 18.5. The second-order valence-electron chi connectivity index (χ2n) is 7.46. The van der Waals surface area contributed by atoms with Crippen molar-refractivity contribution in [2.45, 2.75) is 13.5 Å². The molecule has 34 heavy (non-hydrogen) atoms. The van der Waals surface area contributed by atoms with Gasteiger partial charge in [0.2, 0.25) is 0 Å². The van der Waals surface area contributed by atoms with Crippen molar-refractivity contribution in [2.75, 3.05) is 7.11 Å². The van der Waals surface area contributed by atoms with Gasteiger partial charge in [-0.3, -0.25) is 9.59 Å². The SMILES string of the molecule is COc1cc(/C=C2\SC(=NC(=O)c3ccccc3)NC2=O)cc(Br)c1OCc1ccc(C)cc1. The van der Waals surface area contributed by atoms with Crippen LogP contribution in [0.3, 0.4) is 0 Å². The van der Waals surface area contributed by atoms with Gasteiger partial charge >= 0.3 is 0 Å². The van der Waals surface area contributed by atoms with Crippen LogP contribution in [-0.4, -0.2) is 24.1 Å². The Balaban J connectivity index is 1.51. The quantitative estimate of drug-likeness (QED) is 0.406. The molecule has 1 N–H and O–H groups in total. The monoisotopic (exact) mass is 536 g/mol. The number of ether oxygens (including phenoxy) is 2. The van der Waals surface area contributed by atoms with Crippen LogP contribution in [0, 0.1) is 6.92 Å². The number of amidine groups is 1. The van der Waals surface area contributed by atoms with E-state index in [0.29, 0.717) is 33.0 Å². The minimum Gasteiger partial charge on any atom is -0.493 e. The van der Waals surface area contributed by atoms with E-state index >= 15 is 0 Å². The van der Waals surface area contributed by atoms with Gasteiger partial charge in [0, 0.05) is 5.56 Å². The number of carbonyl (C=O) groups excluding carboxylic acids is 2. The fourth-order valence-corrected chi connectivity index (χ4v) is 4.57. The average molecular weight is 537 g/mol. The Morgan fingerprint density at radius 3 is 2.56 bits per heavy atom. The van der Waals surface area contributed by atoms with Crippen molar-refractivity contribution in [1.29, 1.82) is 0 Å². The van der Waals surface area contributed by atoms with E-state index in [0.717, 1.165) is 22.9 Å². The van der Waals surface area contributed by atoms with Crippen molar-refractivity contribution >= 4 is 50.7 Å². The summed E-state index contributed by atoms with van der Waals surface area (Å²) in [6, 6.07) is 20.5. The zero-order chi connectivity index (χ0) is 24.1.